The van der Waals surface area contributed by atoms with Gasteiger partial charge >= 0.3 is 5.97 Å². The molecule has 1 heterocycles. The van der Waals surface area contributed by atoms with E-state index in [-0.39, 0.29) is 18.4 Å². The molecule has 0 radical (unpaired) electrons. The fraction of sp³-hybridized carbons (Fsp3) is 0.450. The second-order valence-corrected chi connectivity index (χ2v) is 6.43. The van der Waals surface area contributed by atoms with Crippen LogP contribution in [-0.2, 0) is 16.1 Å². The molecule has 1 unspecified atom stereocenters. The molecule has 0 fully saturated rings. The van der Waals surface area contributed by atoms with Crippen molar-refractivity contribution in [3.63, 3.8) is 0 Å². The van der Waals surface area contributed by atoms with Gasteiger partial charge in [-0.25, -0.2) is 4.98 Å². The zero-order chi connectivity index (χ0) is 20.5. The summed E-state index contributed by atoms with van der Waals surface area (Å²) in [5.41, 5.74) is 0.441. The van der Waals surface area contributed by atoms with Crippen molar-refractivity contribution in [1.82, 2.24) is 14.5 Å². The molecule has 1 atom stereocenters. The zero-order valence-electron chi connectivity index (χ0n) is 16.8. The van der Waals surface area contributed by atoms with Gasteiger partial charge in [-0.1, -0.05) is 6.92 Å². The molecule has 0 aliphatic heterocycles. The van der Waals surface area contributed by atoms with Crippen LogP contribution in [0.2, 0.25) is 0 Å². The average molecular weight is 389 g/mol. The Balaban J connectivity index is 2.18. The van der Waals surface area contributed by atoms with Gasteiger partial charge in [-0.05, 0) is 18.6 Å². The first kappa shape index (κ1) is 21.3. The minimum atomic E-state index is -0.435. The second kappa shape index (κ2) is 10.3. The molecule has 0 aliphatic carbocycles. The topological polar surface area (TPSA) is 82.9 Å². The monoisotopic (exact) mass is 389 g/mol. The van der Waals surface area contributed by atoms with Crippen molar-refractivity contribution in [2.45, 2.75) is 19.9 Å². The van der Waals surface area contributed by atoms with Crippen LogP contribution in [0.5, 0.6) is 11.5 Å². The molecule has 1 amide bonds. The van der Waals surface area contributed by atoms with E-state index in [0.29, 0.717) is 23.6 Å². The normalized spacial score (nSPS) is 11.6. The predicted molar refractivity (Wildman–Crippen MR) is 103 cm³/mol. The zero-order valence-corrected chi connectivity index (χ0v) is 16.8. The predicted octanol–water partition coefficient (Wildman–Crippen LogP) is 2.24. The van der Waals surface area contributed by atoms with Crippen molar-refractivity contribution in [2.24, 2.45) is 5.92 Å². The Morgan fingerprint density at radius 3 is 2.36 bits per heavy atom. The summed E-state index contributed by atoms with van der Waals surface area (Å²) in [6, 6.07) is 5.03. The molecule has 2 aromatic rings. The fourth-order valence-electron chi connectivity index (χ4n) is 2.86. The number of carbonyl (C=O) groups excluding carboxylic acids is 2. The van der Waals surface area contributed by atoms with Gasteiger partial charge in [-0.15, -0.1) is 0 Å². The van der Waals surface area contributed by atoms with Crippen LogP contribution in [0.4, 0.5) is 0 Å². The minimum Gasteiger partial charge on any atom is -0.497 e. The molecule has 28 heavy (non-hydrogen) atoms. The Morgan fingerprint density at radius 1 is 1.14 bits per heavy atom. The maximum Gasteiger partial charge on any atom is 0.310 e. The number of methoxy groups -OCH3 is 3. The molecule has 0 saturated heterocycles. The highest BCUT2D eigenvalue weighted by Gasteiger charge is 2.23. The number of hydrogen-bond donors (Lipinski definition) is 0. The van der Waals surface area contributed by atoms with E-state index in [9.17, 15) is 9.59 Å². The third kappa shape index (κ3) is 5.73. The van der Waals surface area contributed by atoms with Crippen molar-refractivity contribution in [3.8, 4) is 11.5 Å². The third-order valence-corrected chi connectivity index (χ3v) is 4.39. The molecule has 1 aromatic carbocycles. The highest BCUT2D eigenvalue weighted by molar-refractivity contribution is 5.95. The van der Waals surface area contributed by atoms with Crippen molar-refractivity contribution in [1.29, 1.82) is 0 Å². The van der Waals surface area contributed by atoms with Crippen LogP contribution in [-0.4, -0.2) is 60.7 Å². The molecule has 8 nitrogen and oxygen atoms in total. The van der Waals surface area contributed by atoms with Gasteiger partial charge in [-0.2, -0.15) is 0 Å². The summed E-state index contributed by atoms with van der Waals surface area (Å²) in [4.78, 5) is 30.7. The van der Waals surface area contributed by atoms with Gasteiger partial charge in [0.2, 0.25) is 0 Å². The minimum absolute atomic E-state index is 0.196. The largest absolute Gasteiger partial charge is 0.497 e. The first-order chi connectivity index (χ1) is 13.5. The molecule has 0 N–H and O–H groups in total. The van der Waals surface area contributed by atoms with Gasteiger partial charge in [-0.3, -0.25) is 9.59 Å². The van der Waals surface area contributed by atoms with E-state index in [1.165, 1.54) is 21.3 Å². The molecule has 0 bridgehead atoms. The Bertz CT molecular complexity index is 754. The number of aromatic nitrogens is 2. The molecular weight excluding hydrogens is 362 g/mol. The van der Waals surface area contributed by atoms with E-state index in [2.05, 4.69) is 4.98 Å². The number of nitrogens with zero attached hydrogens (tertiary/aromatic N) is 3. The van der Waals surface area contributed by atoms with E-state index in [1.807, 2.05) is 10.8 Å². The number of esters is 1. The Labute approximate surface area is 165 Å². The summed E-state index contributed by atoms with van der Waals surface area (Å²) in [6.45, 7) is 3.21. The SMILES string of the molecule is COC(=O)C(C)CN(CCCn1ccnc1)C(=O)c1cc(OC)cc(OC)c1. The van der Waals surface area contributed by atoms with Gasteiger partial charge in [0.05, 0.1) is 33.6 Å². The smallest absolute Gasteiger partial charge is 0.310 e. The molecule has 2 rings (SSSR count). The summed E-state index contributed by atoms with van der Waals surface area (Å²) in [5.74, 6) is 0.0769. The average Bonchev–Trinajstić information content (AvgIpc) is 3.24. The van der Waals surface area contributed by atoms with Crippen LogP contribution in [0.15, 0.2) is 36.9 Å². The lowest BCUT2D eigenvalue weighted by molar-refractivity contribution is -0.145. The first-order valence-corrected chi connectivity index (χ1v) is 9.04. The summed E-state index contributed by atoms with van der Waals surface area (Å²) < 4.78 is 17.3. The van der Waals surface area contributed by atoms with Crippen molar-refractivity contribution in [2.75, 3.05) is 34.4 Å². The lowest BCUT2D eigenvalue weighted by Gasteiger charge is -2.25. The molecular formula is C20H27N3O5. The summed E-state index contributed by atoms with van der Waals surface area (Å²) in [7, 11) is 4.41. The number of hydrogen-bond acceptors (Lipinski definition) is 6. The molecule has 8 heteroatoms. The molecule has 152 valence electrons. The van der Waals surface area contributed by atoms with Crippen molar-refractivity contribution < 1.29 is 23.8 Å². The van der Waals surface area contributed by atoms with E-state index in [4.69, 9.17) is 14.2 Å². The van der Waals surface area contributed by atoms with Gasteiger partial charge in [0.1, 0.15) is 11.5 Å². The third-order valence-electron chi connectivity index (χ3n) is 4.39. The number of amides is 1. The van der Waals surface area contributed by atoms with Crippen LogP contribution < -0.4 is 9.47 Å². The van der Waals surface area contributed by atoms with Crippen LogP contribution in [0.3, 0.4) is 0 Å². The quantitative estimate of drug-likeness (QED) is 0.580. The summed E-state index contributed by atoms with van der Waals surface area (Å²) >= 11 is 0. The maximum atomic E-state index is 13.2. The van der Waals surface area contributed by atoms with E-state index < -0.39 is 5.92 Å². The lowest BCUT2D eigenvalue weighted by atomic mass is 10.1. The highest BCUT2D eigenvalue weighted by Crippen LogP contribution is 2.24. The van der Waals surface area contributed by atoms with Gasteiger partial charge < -0.3 is 23.7 Å². The van der Waals surface area contributed by atoms with E-state index in [1.54, 1.807) is 42.5 Å². The molecule has 0 aliphatic rings. The first-order valence-electron chi connectivity index (χ1n) is 9.04. The number of imidazole rings is 1. The van der Waals surface area contributed by atoms with E-state index in [0.717, 1.165) is 13.0 Å². The fourth-order valence-corrected chi connectivity index (χ4v) is 2.86. The number of aryl methyl sites for hydroxylation is 1. The van der Waals surface area contributed by atoms with Gasteiger partial charge in [0.15, 0.2) is 0 Å². The number of carbonyl (C=O) groups is 2. The Hall–Kier alpha value is -3.03. The summed E-state index contributed by atoms with van der Waals surface area (Å²) in [6.07, 6.45) is 6.04. The number of rotatable bonds is 10. The van der Waals surface area contributed by atoms with Crippen LogP contribution in [0.25, 0.3) is 0 Å². The maximum absolute atomic E-state index is 13.2. The number of ether oxygens (including phenoxy) is 3. The van der Waals surface area contributed by atoms with Crippen LogP contribution >= 0.6 is 0 Å². The van der Waals surface area contributed by atoms with Gasteiger partial charge in [0.25, 0.3) is 5.91 Å². The Kier molecular flexibility index (Phi) is 7.86. The van der Waals surface area contributed by atoms with Crippen LogP contribution in [0.1, 0.15) is 23.7 Å². The van der Waals surface area contributed by atoms with Crippen LogP contribution in [0, 0.1) is 5.92 Å². The molecule has 1 aromatic heterocycles. The number of benzene rings is 1. The standard InChI is InChI=1S/C20H27N3O5/c1-15(20(25)28-4)13-23(8-5-7-22-9-6-21-14-22)19(24)16-10-17(26-2)12-18(11-16)27-3/h6,9-12,14-15H,5,7-8,13H2,1-4H3. The molecule has 0 saturated carbocycles. The Morgan fingerprint density at radius 2 is 1.82 bits per heavy atom. The van der Waals surface area contributed by atoms with Crippen molar-refractivity contribution in [3.05, 3.63) is 42.5 Å². The second-order valence-electron chi connectivity index (χ2n) is 6.43. The van der Waals surface area contributed by atoms with Gasteiger partial charge in [0, 0.05) is 43.7 Å². The van der Waals surface area contributed by atoms with Crippen molar-refractivity contribution >= 4 is 11.9 Å². The highest BCUT2D eigenvalue weighted by atomic mass is 16.5. The lowest BCUT2D eigenvalue weighted by Crippen LogP contribution is -2.38. The molecule has 0 spiro atoms. The summed E-state index contributed by atoms with van der Waals surface area (Å²) in [5, 5.41) is 0. The van der Waals surface area contributed by atoms with E-state index >= 15 is 0 Å².